The smallest absolute Gasteiger partial charge is 0.407 e. The number of nitrogens with two attached hydrogens (primary N) is 1. The quantitative estimate of drug-likeness (QED) is 0.504. The van der Waals surface area contributed by atoms with Crippen LogP contribution in [0.2, 0.25) is 0 Å². The van der Waals surface area contributed by atoms with Crippen molar-refractivity contribution in [3.8, 4) is 11.5 Å². The van der Waals surface area contributed by atoms with Crippen LogP contribution >= 0.6 is 0 Å². The number of alkyl carbamates (subject to hydrolysis) is 1. The van der Waals surface area contributed by atoms with E-state index in [4.69, 9.17) is 5.73 Å². The number of carbonyl (C=O) groups is 1. The molecule has 0 unspecified atom stereocenters. The number of amides is 1. The zero-order chi connectivity index (χ0) is 22.0. The fourth-order valence-electron chi connectivity index (χ4n) is 3.01. The number of ether oxygens (including phenoxy) is 1. The van der Waals surface area contributed by atoms with E-state index in [1.165, 1.54) is 30.1 Å². The summed E-state index contributed by atoms with van der Waals surface area (Å²) in [5.74, 6) is -0.699. The standard InChI is InChI=1S/C20H17F2N7O2/c1-31-20(30)26-8-12-7-24-18(27-17(12)23)16-14-6-13(21)9-25-19(14)29(28-16)10-11-4-2-3-5-15(11)22/h2-7,9H,8,10H2,1H3,(H,26,30)(H2,23,24,27). The topological polar surface area (TPSA) is 121 Å². The number of hydrogen-bond acceptors (Lipinski definition) is 7. The number of halogens is 2. The van der Waals surface area contributed by atoms with Crippen molar-refractivity contribution in [2.24, 2.45) is 0 Å². The van der Waals surface area contributed by atoms with E-state index in [9.17, 15) is 13.6 Å². The molecule has 3 aromatic heterocycles. The second kappa shape index (κ2) is 8.30. The molecule has 0 bridgehead atoms. The van der Waals surface area contributed by atoms with Crippen LogP contribution in [0.15, 0.2) is 42.7 Å². The average molecular weight is 425 g/mol. The molecular formula is C20H17F2N7O2. The van der Waals surface area contributed by atoms with Gasteiger partial charge in [-0.1, -0.05) is 18.2 Å². The van der Waals surface area contributed by atoms with Crippen LogP contribution < -0.4 is 11.1 Å². The molecular weight excluding hydrogens is 408 g/mol. The van der Waals surface area contributed by atoms with Crippen molar-refractivity contribution in [1.82, 2.24) is 30.0 Å². The lowest BCUT2D eigenvalue weighted by Crippen LogP contribution is -2.23. The second-order valence-corrected chi connectivity index (χ2v) is 6.57. The minimum absolute atomic E-state index is 0.0669. The molecule has 0 fully saturated rings. The van der Waals surface area contributed by atoms with E-state index in [2.05, 4.69) is 30.1 Å². The van der Waals surface area contributed by atoms with E-state index < -0.39 is 17.7 Å². The maximum Gasteiger partial charge on any atom is 0.407 e. The number of rotatable bonds is 5. The summed E-state index contributed by atoms with van der Waals surface area (Å²) in [6.07, 6.45) is 1.87. The average Bonchev–Trinajstić information content (AvgIpc) is 3.11. The third-order valence-corrected chi connectivity index (χ3v) is 4.55. The van der Waals surface area contributed by atoms with Crippen molar-refractivity contribution in [2.75, 3.05) is 12.8 Å². The van der Waals surface area contributed by atoms with Crippen molar-refractivity contribution in [3.63, 3.8) is 0 Å². The van der Waals surface area contributed by atoms with Crippen molar-refractivity contribution in [2.45, 2.75) is 13.1 Å². The summed E-state index contributed by atoms with van der Waals surface area (Å²) >= 11 is 0. The highest BCUT2D eigenvalue weighted by atomic mass is 19.1. The summed E-state index contributed by atoms with van der Waals surface area (Å²) in [5, 5.41) is 7.29. The van der Waals surface area contributed by atoms with E-state index in [-0.39, 0.29) is 30.4 Å². The van der Waals surface area contributed by atoms with Gasteiger partial charge < -0.3 is 15.8 Å². The fourth-order valence-corrected chi connectivity index (χ4v) is 3.01. The van der Waals surface area contributed by atoms with Crippen LogP contribution in [0.25, 0.3) is 22.6 Å². The Kier molecular flexibility index (Phi) is 5.39. The number of benzene rings is 1. The molecule has 4 aromatic rings. The summed E-state index contributed by atoms with van der Waals surface area (Å²) in [6.45, 7) is 0.149. The molecule has 0 saturated heterocycles. The van der Waals surface area contributed by atoms with Gasteiger partial charge in [0, 0.05) is 17.3 Å². The van der Waals surface area contributed by atoms with Gasteiger partial charge >= 0.3 is 6.09 Å². The highest BCUT2D eigenvalue weighted by Gasteiger charge is 2.19. The lowest BCUT2D eigenvalue weighted by atomic mass is 10.2. The first kappa shape index (κ1) is 20.1. The number of carbonyl (C=O) groups excluding carboxylic acids is 1. The number of anilines is 1. The molecule has 4 rings (SSSR count). The molecule has 1 aromatic carbocycles. The molecule has 3 N–H and O–H groups in total. The van der Waals surface area contributed by atoms with Crippen molar-refractivity contribution >= 4 is 22.9 Å². The normalized spacial score (nSPS) is 10.9. The number of nitrogen functional groups attached to an aromatic ring is 1. The van der Waals surface area contributed by atoms with Gasteiger partial charge in [0.1, 0.15) is 23.1 Å². The number of nitrogens with one attached hydrogen (secondary N) is 1. The van der Waals surface area contributed by atoms with Gasteiger partial charge in [0.15, 0.2) is 11.5 Å². The number of aromatic nitrogens is 5. The lowest BCUT2D eigenvalue weighted by molar-refractivity contribution is 0.170. The first-order valence-electron chi connectivity index (χ1n) is 9.15. The van der Waals surface area contributed by atoms with Crippen LogP contribution in [0.5, 0.6) is 0 Å². The maximum atomic E-state index is 14.1. The lowest BCUT2D eigenvalue weighted by Gasteiger charge is -2.07. The minimum Gasteiger partial charge on any atom is -0.453 e. The van der Waals surface area contributed by atoms with Crippen molar-refractivity contribution in [3.05, 3.63) is 65.5 Å². The van der Waals surface area contributed by atoms with E-state index in [1.54, 1.807) is 18.2 Å². The number of methoxy groups -OCH3 is 1. The van der Waals surface area contributed by atoms with Gasteiger partial charge in [-0.3, -0.25) is 0 Å². The Balaban J connectivity index is 1.74. The molecule has 0 radical (unpaired) electrons. The summed E-state index contributed by atoms with van der Waals surface area (Å²) in [4.78, 5) is 23.8. The first-order chi connectivity index (χ1) is 15.0. The number of fused-ring (bicyclic) bond motifs is 1. The monoisotopic (exact) mass is 425 g/mol. The number of nitrogens with zero attached hydrogens (tertiary/aromatic N) is 5. The third-order valence-electron chi connectivity index (χ3n) is 4.55. The van der Waals surface area contributed by atoms with Gasteiger partial charge in [-0.05, 0) is 12.1 Å². The SMILES string of the molecule is COC(=O)NCc1cnc(-c2nn(Cc3ccccc3F)c3ncc(F)cc23)nc1N. The molecule has 158 valence electrons. The van der Waals surface area contributed by atoms with Crippen LogP contribution in [0.1, 0.15) is 11.1 Å². The molecule has 0 spiro atoms. The Hall–Kier alpha value is -4.15. The zero-order valence-corrected chi connectivity index (χ0v) is 16.3. The second-order valence-electron chi connectivity index (χ2n) is 6.57. The molecule has 3 heterocycles. The zero-order valence-electron chi connectivity index (χ0n) is 16.3. The van der Waals surface area contributed by atoms with Crippen LogP contribution in [0.3, 0.4) is 0 Å². The van der Waals surface area contributed by atoms with Crippen LogP contribution in [0, 0.1) is 11.6 Å². The van der Waals surface area contributed by atoms with Gasteiger partial charge in [0.25, 0.3) is 0 Å². The Morgan fingerprint density at radius 2 is 2.00 bits per heavy atom. The van der Waals surface area contributed by atoms with Gasteiger partial charge in [-0.2, -0.15) is 5.10 Å². The Labute approximate surface area is 174 Å². The van der Waals surface area contributed by atoms with E-state index in [1.807, 2.05) is 0 Å². The molecule has 0 aliphatic heterocycles. The number of hydrogen-bond donors (Lipinski definition) is 2. The van der Waals surface area contributed by atoms with Crippen molar-refractivity contribution in [1.29, 1.82) is 0 Å². The molecule has 31 heavy (non-hydrogen) atoms. The highest BCUT2D eigenvalue weighted by Crippen LogP contribution is 2.27. The van der Waals surface area contributed by atoms with Crippen LogP contribution in [0.4, 0.5) is 19.4 Å². The molecule has 9 nitrogen and oxygen atoms in total. The van der Waals surface area contributed by atoms with E-state index in [0.29, 0.717) is 22.2 Å². The van der Waals surface area contributed by atoms with Gasteiger partial charge in [0.05, 0.1) is 31.8 Å². The Morgan fingerprint density at radius 3 is 2.74 bits per heavy atom. The van der Waals surface area contributed by atoms with Gasteiger partial charge in [0.2, 0.25) is 0 Å². The van der Waals surface area contributed by atoms with Crippen molar-refractivity contribution < 1.29 is 18.3 Å². The number of pyridine rings is 1. The summed E-state index contributed by atoms with van der Waals surface area (Å²) in [5.41, 5.74) is 7.45. The molecule has 0 atom stereocenters. The summed E-state index contributed by atoms with van der Waals surface area (Å²) in [7, 11) is 1.24. The minimum atomic E-state index is -0.622. The predicted molar refractivity (Wildman–Crippen MR) is 108 cm³/mol. The Bertz CT molecular complexity index is 1280. The molecule has 11 heteroatoms. The first-order valence-corrected chi connectivity index (χ1v) is 9.15. The molecule has 1 amide bonds. The fraction of sp³-hybridized carbons (Fsp3) is 0.150. The predicted octanol–water partition coefficient (Wildman–Crippen LogP) is 2.65. The van der Waals surface area contributed by atoms with Crippen LogP contribution in [-0.4, -0.2) is 37.9 Å². The Morgan fingerprint density at radius 1 is 1.19 bits per heavy atom. The molecule has 0 saturated carbocycles. The van der Waals surface area contributed by atoms with E-state index in [0.717, 1.165) is 6.20 Å². The highest BCUT2D eigenvalue weighted by molar-refractivity contribution is 5.89. The van der Waals surface area contributed by atoms with Gasteiger partial charge in [-0.25, -0.2) is 33.2 Å². The van der Waals surface area contributed by atoms with E-state index >= 15 is 0 Å². The summed E-state index contributed by atoms with van der Waals surface area (Å²) < 4.78 is 34.0. The maximum absolute atomic E-state index is 14.1. The summed E-state index contributed by atoms with van der Waals surface area (Å²) in [6, 6.07) is 7.54. The van der Waals surface area contributed by atoms with Crippen LogP contribution in [-0.2, 0) is 17.8 Å². The largest absolute Gasteiger partial charge is 0.453 e. The van der Waals surface area contributed by atoms with Gasteiger partial charge in [-0.15, -0.1) is 0 Å². The molecule has 0 aliphatic carbocycles. The third kappa shape index (κ3) is 4.10. The molecule has 0 aliphatic rings.